The number of pyridine rings is 1. The lowest BCUT2D eigenvalue weighted by molar-refractivity contribution is -0.131. The molecule has 3 rings (SSSR count). The highest BCUT2D eigenvalue weighted by Crippen LogP contribution is 2.28. The smallest absolute Gasteiger partial charge is 0.222 e. The number of benzene rings is 1. The van der Waals surface area contributed by atoms with Crippen LogP contribution in [0, 0.1) is 0 Å². The minimum Gasteiger partial charge on any atom is -0.493 e. The average molecular weight is 432 g/mol. The highest BCUT2D eigenvalue weighted by atomic mass is 35.5. The number of carbonyl (C=O) groups is 2. The molecule has 0 spiro atoms. The molecule has 1 aromatic heterocycles. The van der Waals surface area contributed by atoms with Gasteiger partial charge in [0.05, 0.1) is 18.7 Å². The number of carbonyl (C=O) groups excluding carboxylic acids is 2. The summed E-state index contributed by atoms with van der Waals surface area (Å²) in [5, 5.41) is 0.613. The SMILES string of the molecule is COc1cc(C(C)=O)ccc1OCCCC(=O)N1CCN(c2ccc(Cl)cn2)CC1. The highest BCUT2D eigenvalue weighted by molar-refractivity contribution is 6.30. The monoisotopic (exact) mass is 431 g/mol. The molecule has 0 saturated carbocycles. The molecular formula is C22H26ClN3O4. The maximum absolute atomic E-state index is 12.5. The van der Waals surface area contributed by atoms with E-state index in [0.29, 0.717) is 54.6 Å². The van der Waals surface area contributed by atoms with Crippen molar-refractivity contribution in [1.82, 2.24) is 9.88 Å². The van der Waals surface area contributed by atoms with Crippen molar-refractivity contribution >= 4 is 29.1 Å². The van der Waals surface area contributed by atoms with Crippen molar-refractivity contribution in [2.75, 3.05) is 44.8 Å². The van der Waals surface area contributed by atoms with Gasteiger partial charge in [0.2, 0.25) is 5.91 Å². The number of Topliss-reactive ketones (excluding diaryl/α,β-unsaturated/α-hetero) is 1. The van der Waals surface area contributed by atoms with Crippen molar-refractivity contribution < 1.29 is 19.1 Å². The molecule has 2 heterocycles. The van der Waals surface area contributed by atoms with Crippen molar-refractivity contribution in [2.45, 2.75) is 19.8 Å². The van der Waals surface area contributed by atoms with Crippen LogP contribution in [-0.4, -0.2) is 61.5 Å². The topological polar surface area (TPSA) is 72.0 Å². The van der Waals surface area contributed by atoms with E-state index in [0.717, 1.165) is 18.9 Å². The van der Waals surface area contributed by atoms with Crippen molar-refractivity contribution in [3.63, 3.8) is 0 Å². The van der Waals surface area contributed by atoms with E-state index in [2.05, 4.69) is 9.88 Å². The van der Waals surface area contributed by atoms with Crippen LogP contribution in [0.5, 0.6) is 11.5 Å². The lowest BCUT2D eigenvalue weighted by atomic mass is 10.1. The number of amides is 1. The minimum atomic E-state index is -0.0302. The third-order valence-corrected chi connectivity index (χ3v) is 5.25. The number of piperazine rings is 1. The zero-order valence-corrected chi connectivity index (χ0v) is 18.0. The molecule has 0 N–H and O–H groups in total. The summed E-state index contributed by atoms with van der Waals surface area (Å²) in [6.07, 6.45) is 2.67. The predicted octanol–water partition coefficient (Wildman–Crippen LogP) is 3.45. The molecule has 0 aliphatic carbocycles. The second kappa shape index (κ2) is 10.3. The largest absolute Gasteiger partial charge is 0.493 e. The van der Waals surface area contributed by atoms with E-state index in [1.54, 1.807) is 24.4 Å². The van der Waals surface area contributed by atoms with Crippen LogP contribution < -0.4 is 14.4 Å². The number of hydrogen-bond donors (Lipinski definition) is 0. The number of nitrogens with zero attached hydrogens (tertiary/aromatic N) is 3. The molecule has 1 aliphatic rings. The van der Waals surface area contributed by atoms with Crippen LogP contribution in [0.25, 0.3) is 0 Å². The summed E-state index contributed by atoms with van der Waals surface area (Å²) in [5.41, 5.74) is 0.572. The van der Waals surface area contributed by atoms with Gasteiger partial charge in [-0.2, -0.15) is 0 Å². The quantitative estimate of drug-likeness (QED) is 0.471. The van der Waals surface area contributed by atoms with Gasteiger partial charge in [-0.05, 0) is 43.7 Å². The first kappa shape index (κ1) is 21.9. The van der Waals surface area contributed by atoms with Crippen molar-refractivity contribution in [3.05, 3.63) is 47.1 Å². The lowest BCUT2D eigenvalue weighted by Crippen LogP contribution is -2.49. The summed E-state index contributed by atoms with van der Waals surface area (Å²) < 4.78 is 11.0. The molecule has 7 nitrogen and oxygen atoms in total. The van der Waals surface area contributed by atoms with Gasteiger partial charge in [0.15, 0.2) is 17.3 Å². The zero-order chi connectivity index (χ0) is 21.5. The van der Waals surface area contributed by atoms with Crippen LogP contribution in [0.3, 0.4) is 0 Å². The van der Waals surface area contributed by atoms with Gasteiger partial charge < -0.3 is 19.3 Å². The molecule has 2 aromatic rings. The Balaban J connectivity index is 1.41. The van der Waals surface area contributed by atoms with Crippen LogP contribution in [0.4, 0.5) is 5.82 Å². The fourth-order valence-electron chi connectivity index (χ4n) is 3.31. The van der Waals surface area contributed by atoms with Gasteiger partial charge in [0, 0.05) is 44.4 Å². The standard InChI is InChI=1S/C22H26ClN3O4/c1-16(27)17-5-7-19(20(14-17)29-2)30-13-3-4-22(28)26-11-9-25(10-12-26)21-8-6-18(23)15-24-21/h5-8,14-15H,3-4,9-13H2,1-2H3. The minimum absolute atomic E-state index is 0.0302. The van der Waals surface area contributed by atoms with Gasteiger partial charge in [-0.25, -0.2) is 4.98 Å². The molecule has 30 heavy (non-hydrogen) atoms. The first-order valence-corrected chi connectivity index (χ1v) is 10.3. The van der Waals surface area contributed by atoms with Crippen LogP contribution in [0.2, 0.25) is 5.02 Å². The Kier molecular flexibility index (Phi) is 7.52. The molecule has 160 valence electrons. The Labute approximate surface area is 181 Å². The summed E-state index contributed by atoms with van der Waals surface area (Å²) in [7, 11) is 1.54. The van der Waals surface area contributed by atoms with Gasteiger partial charge in [-0.15, -0.1) is 0 Å². The number of aromatic nitrogens is 1. The van der Waals surface area contributed by atoms with Crippen molar-refractivity contribution in [2.24, 2.45) is 0 Å². The van der Waals surface area contributed by atoms with Crippen molar-refractivity contribution in [3.8, 4) is 11.5 Å². The lowest BCUT2D eigenvalue weighted by Gasteiger charge is -2.35. The molecule has 1 amide bonds. The number of halogens is 1. The van der Waals surface area contributed by atoms with E-state index >= 15 is 0 Å². The van der Waals surface area contributed by atoms with E-state index in [9.17, 15) is 9.59 Å². The van der Waals surface area contributed by atoms with Crippen LogP contribution in [0.1, 0.15) is 30.1 Å². The maximum atomic E-state index is 12.5. The van der Waals surface area contributed by atoms with E-state index in [1.165, 1.54) is 14.0 Å². The van der Waals surface area contributed by atoms with Gasteiger partial charge >= 0.3 is 0 Å². The van der Waals surface area contributed by atoms with E-state index in [-0.39, 0.29) is 11.7 Å². The Morgan fingerprint density at radius 1 is 1.10 bits per heavy atom. The summed E-state index contributed by atoms with van der Waals surface area (Å²) in [4.78, 5) is 32.3. The molecule has 1 aromatic carbocycles. The number of rotatable bonds is 8. The normalized spacial score (nSPS) is 13.8. The summed E-state index contributed by atoms with van der Waals surface area (Å²) >= 11 is 5.89. The first-order valence-electron chi connectivity index (χ1n) is 9.94. The molecule has 1 saturated heterocycles. The summed E-state index contributed by atoms with van der Waals surface area (Å²) in [5.74, 6) is 2.06. The predicted molar refractivity (Wildman–Crippen MR) is 116 cm³/mol. The Morgan fingerprint density at radius 2 is 1.87 bits per heavy atom. The average Bonchev–Trinajstić information content (AvgIpc) is 2.77. The van der Waals surface area contributed by atoms with Crippen LogP contribution in [0.15, 0.2) is 36.5 Å². The van der Waals surface area contributed by atoms with Gasteiger partial charge in [0.25, 0.3) is 0 Å². The molecule has 0 atom stereocenters. The summed E-state index contributed by atoms with van der Waals surface area (Å²) in [6, 6.07) is 8.82. The Hall–Kier alpha value is -2.80. The van der Waals surface area contributed by atoms with E-state index in [4.69, 9.17) is 21.1 Å². The third kappa shape index (κ3) is 5.63. The number of hydrogen-bond acceptors (Lipinski definition) is 6. The molecule has 1 aliphatic heterocycles. The highest BCUT2D eigenvalue weighted by Gasteiger charge is 2.21. The maximum Gasteiger partial charge on any atom is 0.222 e. The molecular weight excluding hydrogens is 406 g/mol. The van der Waals surface area contributed by atoms with E-state index in [1.807, 2.05) is 17.0 Å². The Morgan fingerprint density at radius 3 is 2.50 bits per heavy atom. The van der Waals surface area contributed by atoms with Gasteiger partial charge in [-0.1, -0.05) is 11.6 Å². The zero-order valence-electron chi connectivity index (χ0n) is 17.3. The Bertz CT molecular complexity index is 880. The van der Waals surface area contributed by atoms with Gasteiger partial charge in [-0.3, -0.25) is 9.59 Å². The van der Waals surface area contributed by atoms with Gasteiger partial charge in [0.1, 0.15) is 5.82 Å². The molecule has 1 fully saturated rings. The van der Waals surface area contributed by atoms with E-state index < -0.39 is 0 Å². The number of ether oxygens (including phenoxy) is 2. The second-order valence-electron chi connectivity index (χ2n) is 7.08. The number of methoxy groups -OCH3 is 1. The molecule has 8 heteroatoms. The summed E-state index contributed by atoms with van der Waals surface area (Å²) in [6.45, 7) is 4.74. The second-order valence-corrected chi connectivity index (χ2v) is 7.51. The van der Waals surface area contributed by atoms with Crippen LogP contribution >= 0.6 is 11.6 Å². The first-order chi connectivity index (χ1) is 14.5. The number of anilines is 1. The third-order valence-electron chi connectivity index (χ3n) is 5.03. The molecule has 0 radical (unpaired) electrons. The van der Waals surface area contributed by atoms with Crippen molar-refractivity contribution in [1.29, 1.82) is 0 Å². The van der Waals surface area contributed by atoms with Crippen LogP contribution in [-0.2, 0) is 4.79 Å². The molecule has 0 unspecified atom stereocenters. The fraction of sp³-hybridized carbons (Fsp3) is 0.409. The fourth-order valence-corrected chi connectivity index (χ4v) is 3.42. The number of ketones is 1. The molecule has 0 bridgehead atoms.